The normalized spacial score (nSPS) is 14.0. The highest BCUT2D eigenvalue weighted by atomic mass is 31.2. The van der Waals surface area contributed by atoms with Crippen LogP contribution < -0.4 is 5.73 Å². The molecule has 0 aliphatic heterocycles. The molecule has 0 rings (SSSR count). The second-order valence-electron chi connectivity index (χ2n) is 12.4. The van der Waals surface area contributed by atoms with Gasteiger partial charge in [0.15, 0.2) is 6.10 Å². The van der Waals surface area contributed by atoms with Crippen LogP contribution in [0.5, 0.6) is 0 Å². The number of rotatable bonds is 35. The van der Waals surface area contributed by atoms with Crippen LogP contribution in [-0.2, 0) is 32.7 Å². The maximum absolute atomic E-state index is 12.5. The quantitative estimate of drug-likeness (QED) is 0.0285. The molecule has 0 aromatic carbocycles. The number of carbonyl (C=O) groups excluding carboxylic acids is 2. The van der Waals surface area contributed by atoms with Crippen molar-refractivity contribution < 1.29 is 37.6 Å². The SMILES string of the molecule is CCCCC=CCCCCCCCC(=O)OC[C@H](COP(=O)(O)OCCN)OC(=O)CCCC=CCC=CCC=CCCCCCCCC. The van der Waals surface area contributed by atoms with Gasteiger partial charge in [-0.15, -0.1) is 0 Å². The number of carbonyl (C=O) groups is 2. The highest BCUT2D eigenvalue weighted by Gasteiger charge is 2.25. The van der Waals surface area contributed by atoms with Gasteiger partial charge in [-0.25, -0.2) is 4.57 Å². The summed E-state index contributed by atoms with van der Waals surface area (Å²) in [6.07, 6.45) is 38.7. The van der Waals surface area contributed by atoms with E-state index in [4.69, 9.17) is 24.3 Å². The number of unbranched alkanes of at least 4 members (excludes halogenated alkanes) is 14. The van der Waals surface area contributed by atoms with E-state index < -0.39 is 32.5 Å². The van der Waals surface area contributed by atoms with Gasteiger partial charge in [0, 0.05) is 19.4 Å². The maximum Gasteiger partial charge on any atom is 0.472 e. The summed E-state index contributed by atoms with van der Waals surface area (Å²) in [7, 11) is -4.39. The molecule has 3 N–H and O–H groups in total. The van der Waals surface area contributed by atoms with Crippen molar-refractivity contribution in [2.24, 2.45) is 5.73 Å². The Morgan fingerprint density at radius 1 is 0.612 bits per heavy atom. The number of ether oxygens (including phenoxy) is 2. The van der Waals surface area contributed by atoms with E-state index in [2.05, 4.69) is 56.4 Å². The zero-order chi connectivity index (χ0) is 36.1. The number of hydrogen-bond donors (Lipinski definition) is 2. The second-order valence-corrected chi connectivity index (χ2v) is 13.9. The third-order valence-electron chi connectivity index (χ3n) is 7.69. The fraction of sp³-hybridized carbons (Fsp3) is 0.744. The van der Waals surface area contributed by atoms with E-state index in [1.807, 2.05) is 6.08 Å². The topological polar surface area (TPSA) is 134 Å². The van der Waals surface area contributed by atoms with Crippen LogP contribution in [0.2, 0.25) is 0 Å². The first kappa shape index (κ1) is 47.0. The fourth-order valence-corrected chi connectivity index (χ4v) is 5.57. The van der Waals surface area contributed by atoms with Crippen molar-refractivity contribution in [3.63, 3.8) is 0 Å². The van der Waals surface area contributed by atoms with Gasteiger partial charge in [-0.1, -0.05) is 127 Å². The lowest BCUT2D eigenvalue weighted by Crippen LogP contribution is -2.29. The summed E-state index contributed by atoms with van der Waals surface area (Å²) < 4.78 is 32.5. The molecule has 0 saturated carbocycles. The first-order valence-electron chi connectivity index (χ1n) is 19.1. The summed E-state index contributed by atoms with van der Waals surface area (Å²) >= 11 is 0. The summed E-state index contributed by atoms with van der Waals surface area (Å²) in [5.41, 5.74) is 5.32. The lowest BCUT2D eigenvalue weighted by Gasteiger charge is -2.19. The van der Waals surface area contributed by atoms with Crippen LogP contribution in [0.1, 0.15) is 155 Å². The molecular formula is C39H70NO8P. The number of hydrogen-bond acceptors (Lipinski definition) is 8. The third kappa shape index (κ3) is 35.6. The van der Waals surface area contributed by atoms with Crippen molar-refractivity contribution in [1.29, 1.82) is 0 Å². The van der Waals surface area contributed by atoms with Crippen molar-refractivity contribution in [3.05, 3.63) is 48.6 Å². The Hall–Kier alpha value is -2.03. The van der Waals surface area contributed by atoms with E-state index >= 15 is 0 Å². The largest absolute Gasteiger partial charge is 0.472 e. The molecule has 0 radical (unpaired) electrons. The third-order valence-corrected chi connectivity index (χ3v) is 8.67. The molecule has 10 heteroatoms. The Morgan fingerprint density at radius 3 is 1.71 bits per heavy atom. The van der Waals surface area contributed by atoms with Gasteiger partial charge in [-0.2, -0.15) is 0 Å². The number of phosphoric acid groups is 1. The Kier molecular flexibility index (Phi) is 34.3. The lowest BCUT2D eigenvalue weighted by molar-refractivity contribution is -0.161. The molecule has 1 unspecified atom stereocenters. The van der Waals surface area contributed by atoms with Crippen LogP contribution in [0, 0.1) is 0 Å². The van der Waals surface area contributed by atoms with Crippen molar-refractivity contribution in [2.45, 2.75) is 161 Å². The van der Waals surface area contributed by atoms with Crippen molar-refractivity contribution in [3.8, 4) is 0 Å². The minimum atomic E-state index is -4.39. The molecule has 0 heterocycles. The fourth-order valence-electron chi connectivity index (χ4n) is 4.81. The van der Waals surface area contributed by atoms with Gasteiger partial charge in [0.2, 0.25) is 0 Å². The molecule has 0 aromatic heterocycles. The van der Waals surface area contributed by atoms with E-state index in [0.717, 1.165) is 57.8 Å². The maximum atomic E-state index is 12.5. The summed E-state index contributed by atoms with van der Waals surface area (Å²) in [4.78, 5) is 34.6. The molecule has 0 amide bonds. The molecule has 0 aromatic rings. The van der Waals surface area contributed by atoms with Gasteiger partial charge in [0.1, 0.15) is 6.61 Å². The first-order chi connectivity index (χ1) is 23.8. The van der Waals surface area contributed by atoms with Crippen molar-refractivity contribution in [2.75, 3.05) is 26.4 Å². The molecule has 0 aliphatic carbocycles. The number of esters is 2. The molecule has 0 aliphatic rings. The van der Waals surface area contributed by atoms with E-state index in [9.17, 15) is 19.0 Å². The summed E-state index contributed by atoms with van der Waals surface area (Å²) in [5, 5.41) is 0. The summed E-state index contributed by atoms with van der Waals surface area (Å²) in [6.45, 7) is 3.59. The molecule has 2 atom stereocenters. The number of phosphoric ester groups is 1. The molecule has 0 fully saturated rings. The van der Waals surface area contributed by atoms with E-state index in [1.54, 1.807) is 0 Å². The first-order valence-corrected chi connectivity index (χ1v) is 20.6. The molecule has 0 saturated heterocycles. The molecule has 284 valence electrons. The summed E-state index contributed by atoms with van der Waals surface area (Å²) in [6, 6.07) is 0. The summed E-state index contributed by atoms with van der Waals surface area (Å²) in [5.74, 6) is -0.906. The highest BCUT2D eigenvalue weighted by molar-refractivity contribution is 7.47. The van der Waals surface area contributed by atoms with Gasteiger partial charge in [0.05, 0.1) is 13.2 Å². The average Bonchev–Trinajstić information content (AvgIpc) is 3.08. The van der Waals surface area contributed by atoms with Crippen LogP contribution in [0.25, 0.3) is 0 Å². The predicted molar refractivity (Wildman–Crippen MR) is 201 cm³/mol. The number of allylic oxidation sites excluding steroid dienone is 8. The van der Waals surface area contributed by atoms with E-state index in [1.165, 1.54) is 51.4 Å². The monoisotopic (exact) mass is 711 g/mol. The predicted octanol–water partition coefficient (Wildman–Crippen LogP) is 10.4. The zero-order valence-electron chi connectivity index (χ0n) is 30.9. The van der Waals surface area contributed by atoms with Crippen LogP contribution >= 0.6 is 7.82 Å². The van der Waals surface area contributed by atoms with Crippen LogP contribution in [0.4, 0.5) is 0 Å². The van der Waals surface area contributed by atoms with Crippen LogP contribution in [-0.4, -0.2) is 49.3 Å². The van der Waals surface area contributed by atoms with Crippen LogP contribution in [0.3, 0.4) is 0 Å². The standard InChI is InChI=1S/C39H70NO8P/c1-3-5-7-9-11-13-15-16-17-18-19-20-22-24-26-28-30-32-39(42)48-37(36-47-49(43,44)46-34-33-40)35-45-38(41)31-29-27-25-23-21-14-12-10-8-6-4-2/h10,12,16-17,19-20,24,26,37H,3-9,11,13-15,18,21-23,25,27-36,40H2,1-2H3,(H,43,44)/t37-/m1/s1. The Bertz CT molecular complexity index is 949. The number of nitrogens with two attached hydrogens (primary N) is 1. The molecule has 0 bridgehead atoms. The average molecular weight is 712 g/mol. The Balaban J connectivity index is 4.33. The van der Waals surface area contributed by atoms with Gasteiger partial charge in [-0.05, 0) is 64.2 Å². The Labute approximate surface area is 298 Å². The minimum Gasteiger partial charge on any atom is -0.462 e. The van der Waals surface area contributed by atoms with Crippen molar-refractivity contribution >= 4 is 19.8 Å². The second kappa shape index (κ2) is 35.8. The molecular weight excluding hydrogens is 641 g/mol. The van der Waals surface area contributed by atoms with Gasteiger partial charge in [0.25, 0.3) is 0 Å². The van der Waals surface area contributed by atoms with Gasteiger partial charge >= 0.3 is 19.8 Å². The van der Waals surface area contributed by atoms with Crippen LogP contribution in [0.15, 0.2) is 48.6 Å². The lowest BCUT2D eigenvalue weighted by atomic mass is 10.1. The van der Waals surface area contributed by atoms with Gasteiger partial charge in [-0.3, -0.25) is 18.6 Å². The molecule has 9 nitrogen and oxygen atoms in total. The van der Waals surface area contributed by atoms with Crippen molar-refractivity contribution in [1.82, 2.24) is 0 Å². The van der Waals surface area contributed by atoms with Gasteiger partial charge < -0.3 is 20.1 Å². The Morgan fingerprint density at radius 2 is 1.10 bits per heavy atom. The highest BCUT2D eigenvalue weighted by Crippen LogP contribution is 2.43. The smallest absolute Gasteiger partial charge is 0.462 e. The van der Waals surface area contributed by atoms with E-state index in [0.29, 0.717) is 19.3 Å². The zero-order valence-corrected chi connectivity index (χ0v) is 31.8. The van der Waals surface area contributed by atoms with E-state index in [-0.39, 0.29) is 32.6 Å². The molecule has 49 heavy (non-hydrogen) atoms. The molecule has 0 spiro atoms. The minimum absolute atomic E-state index is 0.0431.